The molecule has 0 aliphatic heterocycles. The van der Waals surface area contributed by atoms with E-state index in [2.05, 4.69) is 37.3 Å². The van der Waals surface area contributed by atoms with Crippen LogP contribution in [-0.2, 0) is 0 Å². The molecule has 0 atom stereocenters. The largest absolute Gasteiger partial charge is 0.422 e. The molecule has 0 fully saturated rings. The first kappa shape index (κ1) is 22.5. The highest BCUT2D eigenvalue weighted by Crippen LogP contribution is 2.35. The SMILES string of the molecule is Cc1ccc(-c2nc3c(C)cc(C)cc3c(C(=O)Oc3ccccc3-c3ccccc3)c2C)cc1. The van der Waals surface area contributed by atoms with Crippen molar-refractivity contribution in [2.45, 2.75) is 27.7 Å². The maximum Gasteiger partial charge on any atom is 0.344 e. The first-order valence-corrected chi connectivity index (χ1v) is 11.8. The zero-order chi connectivity index (χ0) is 24.5. The molecule has 1 aromatic heterocycles. The number of aryl methyl sites for hydroxylation is 3. The fraction of sp³-hybridized carbons (Fsp3) is 0.125. The fourth-order valence-corrected chi connectivity index (χ4v) is 4.63. The molecule has 0 spiro atoms. The van der Waals surface area contributed by atoms with E-state index in [4.69, 9.17) is 9.72 Å². The number of aromatic nitrogens is 1. The van der Waals surface area contributed by atoms with E-state index in [0.29, 0.717) is 11.3 Å². The lowest BCUT2D eigenvalue weighted by Gasteiger charge is -2.17. The van der Waals surface area contributed by atoms with Crippen molar-refractivity contribution in [3.63, 3.8) is 0 Å². The van der Waals surface area contributed by atoms with Crippen LogP contribution in [0.15, 0.2) is 91.0 Å². The minimum absolute atomic E-state index is 0.378. The summed E-state index contributed by atoms with van der Waals surface area (Å²) in [6, 6.07) is 30.0. The fourth-order valence-electron chi connectivity index (χ4n) is 4.63. The lowest BCUT2D eigenvalue weighted by atomic mass is 9.95. The van der Waals surface area contributed by atoms with Crippen molar-refractivity contribution in [2.24, 2.45) is 0 Å². The van der Waals surface area contributed by atoms with Gasteiger partial charge in [0.25, 0.3) is 0 Å². The summed E-state index contributed by atoms with van der Waals surface area (Å²) in [6.45, 7) is 8.09. The summed E-state index contributed by atoms with van der Waals surface area (Å²) in [7, 11) is 0. The Balaban J connectivity index is 1.68. The highest BCUT2D eigenvalue weighted by atomic mass is 16.5. The molecule has 35 heavy (non-hydrogen) atoms. The van der Waals surface area contributed by atoms with Gasteiger partial charge in [-0.2, -0.15) is 0 Å². The van der Waals surface area contributed by atoms with Gasteiger partial charge in [0.15, 0.2) is 0 Å². The van der Waals surface area contributed by atoms with Crippen LogP contribution in [-0.4, -0.2) is 11.0 Å². The van der Waals surface area contributed by atoms with Gasteiger partial charge in [0, 0.05) is 16.5 Å². The monoisotopic (exact) mass is 457 g/mol. The molecule has 0 N–H and O–H groups in total. The summed E-state index contributed by atoms with van der Waals surface area (Å²) in [5, 5.41) is 0.818. The molecule has 0 saturated heterocycles. The van der Waals surface area contributed by atoms with Crippen LogP contribution in [0.2, 0.25) is 0 Å². The van der Waals surface area contributed by atoms with Crippen molar-refractivity contribution in [1.29, 1.82) is 0 Å². The van der Waals surface area contributed by atoms with Crippen molar-refractivity contribution >= 4 is 16.9 Å². The van der Waals surface area contributed by atoms with Gasteiger partial charge >= 0.3 is 5.97 Å². The van der Waals surface area contributed by atoms with Gasteiger partial charge in [-0.15, -0.1) is 0 Å². The summed E-state index contributed by atoms with van der Waals surface area (Å²) in [5.41, 5.74) is 9.14. The summed E-state index contributed by atoms with van der Waals surface area (Å²) >= 11 is 0. The van der Waals surface area contributed by atoms with E-state index in [9.17, 15) is 4.79 Å². The second-order valence-electron chi connectivity index (χ2n) is 9.06. The molecule has 0 amide bonds. The lowest BCUT2D eigenvalue weighted by molar-refractivity contribution is 0.0737. The minimum atomic E-state index is -0.378. The van der Waals surface area contributed by atoms with Crippen LogP contribution < -0.4 is 4.74 Å². The summed E-state index contributed by atoms with van der Waals surface area (Å²) < 4.78 is 6.10. The Bertz CT molecular complexity index is 1550. The molecule has 172 valence electrons. The number of hydrogen-bond acceptors (Lipinski definition) is 3. The average molecular weight is 458 g/mol. The number of carbonyl (C=O) groups excluding carboxylic acids is 1. The van der Waals surface area contributed by atoms with E-state index in [-0.39, 0.29) is 5.97 Å². The molecule has 5 aromatic rings. The van der Waals surface area contributed by atoms with Crippen molar-refractivity contribution in [3.8, 4) is 28.1 Å². The van der Waals surface area contributed by atoms with E-state index in [1.165, 1.54) is 5.56 Å². The third kappa shape index (κ3) is 4.33. The topological polar surface area (TPSA) is 39.2 Å². The number of benzene rings is 4. The van der Waals surface area contributed by atoms with Crippen molar-refractivity contribution in [1.82, 2.24) is 4.98 Å². The number of rotatable bonds is 4. The number of fused-ring (bicyclic) bond motifs is 1. The minimum Gasteiger partial charge on any atom is -0.422 e. The number of esters is 1. The molecule has 0 saturated carbocycles. The molecular weight excluding hydrogens is 430 g/mol. The predicted molar refractivity (Wildman–Crippen MR) is 143 cm³/mol. The van der Waals surface area contributed by atoms with Crippen LogP contribution >= 0.6 is 0 Å². The van der Waals surface area contributed by atoms with E-state index < -0.39 is 0 Å². The van der Waals surface area contributed by atoms with Crippen molar-refractivity contribution in [3.05, 3.63) is 119 Å². The van der Waals surface area contributed by atoms with Gasteiger partial charge in [-0.05, 0) is 56.5 Å². The van der Waals surface area contributed by atoms with Crippen LogP contribution in [0, 0.1) is 27.7 Å². The first-order chi connectivity index (χ1) is 16.9. The smallest absolute Gasteiger partial charge is 0.344 e. The van der Waals surface area contributed by atoms with Crippen LogP contribution in [0.5, 0.6) is 5.75 Å². The Morgan fingerprint density at radius 1 is 0.714 bits per heavy atom. The Labute approximate surface area is 206 Å². The van der Waals surface area contributed by atoms with E-state index in [0.717, 1.165) is 50.0 Å². The summed E-state index contributed by atoms with van der Waals surface area (Å²) in [6.07, 6.45) is 0. The molecular formula is C32H27NO2. The molecule has 0 aliphatic rings. The molecule has 1 heterocycles. The van der Waals surface area contributed by atoms with Crippen molar-refractivity contribution in [2.75, 3.05) is 0 Å². The van der Waals surface area contributed by atoms with Gasteiger partial charge in [0.05, 0.1) is 16.8 Å². The normalized spacial score (nSPS) is 11.0. The Hall–Kier alpha value is -4.24. The van der Waals surface area contributed by atoms with Crippen LogP contribution in [0.25, 0.3) is 33.3 Å². The van der Waals surface area contributed by atoms with E-state index >= 15 is 0 Å². The summed E-state index contributed by atoms with van der Waals surface area (Å²) in [4.78, 5) is 18.9. The Kier molecular flexibility index (Phi) is 5.92. The van der Waals surface area contributed by atoms with Gasteiger partial charge in [0.2, 0.25) is 0 Å². The standard InChI is InChI=1S/C32H27NO2/c1-20-14-16-25(17-15-20)31-23(4)29(27-19-21(2)18-22(3)30(27)33-31)32(34)35-28-13-9-8-12-26(28)24-10-6-5-7-11-24/h5-19H,1-4H3. The zero-order valence-electron chi connectivity index (χ0n) is 20.4. The molecule has 0 bridgehead atoms. The van der Waals surface area contributed by atoms with Crippen LogP contribution in [0.3, 0.4) is 0 Å². The van der Waals surface area contributed by atoms with Gasteiger partial charge in [0.1, 0.15) is 5.75 Å². The molecule has 3 nitrogen and oxygen atoms in total. The third-order valence-electron chi connectivity index (χ3n) is 6.37. The quantitative estimate of drug-likeness (QED) is 0.203. The molecule has 5 rings (SSSR count). The molecule has 4 aromatic carbocycles. The lowest BCUT2D eigenvalue weighted by Crippen LogP contribution is -2.13. The average Bonchev–Trinajstić information content (AvgIpc) is 2.85. The number of pyridine rings is 1. The third-order valence-corrected chi connectivity index (χ3v) is 6.37. The van der Waals surface area contributed by atoms with Crippen LogP contribution in [0.1, 0.15) is 32.6 Å². The van der Waals surface area contributed by atoms with E-state index in [1.807, 2.05) is 81.4 Å². The zero-order valence-corrected chi connectivity index (χ0v) is 20.4. The number of carbonyl (C=O) groups is 1. The predicted octanol–water partition coefficient (Wildman–Crippen LogP) is 8.02. The first-order valence-electron chi connectivity index (χ1n) is 11.8. The van der Waals surface area contributed by atoms with Gasteiger partial charge < -0.3 is 4.74 Å². The summed E-state index contributed by atoms with van der Waals surface area (Å²) in [5.74, 6) is 0.158. The highest BCUT2D eigenvalue weighted by molar-refractivity contribution is 6.08. The number of nitrogens with zero attached hydrogens (tertiary/aromatic N) is 1. The number of para-hydroxylation sites is 1. The maximum atomic E-state index is 13.8. The number of ether oxygens (including phenoxy) is 1. The second-order valence-corrected chi connectivity index (χ2v) is 9.06. The van der Waals surface area contributed by atoms with Crippen molar-refractivity contribution < 1.29 is 9.53 Å². The highest BCUT2D eigenvalue weighted by Gasteiger charge is 2.23. The Morgan fingerprint density at radius 3 is 2.14 bits per heavy atom. The van der Waals surface area contributed by atoms with E-state index in [1.54, 1.807) is 0 Å². The molecule has 3 heteroatoms. The van der Waals surface area contributed by atoms with Gasteiger partial charge in [-0.25, -0.2) is 9.78 Å². The molecule has 0 aliphatic carbocycles. The Morgan fingerprint density at radius 2 is 1.40 bits per heavy atom. The second kappa shape index (κ2) is 9.19. The molecule has 0 radical (unpaired) electrons. The maximum absolute atomic E-state index is 13.8. The van der Waals surface area contributed by atoms with Gasteiger partial charge in [-0.1, -0.05) is 90.0 Å². The molecule has 0 unspecified atom stereocenters. The number of hydrogen-bond donors (Lipinski definition) is 0. The van der Waals surface area contributed by atoms with Crippen LogP contribution in [0.4, 0.5) is 0 Å². The van der Waals surface area contributed by atoms with Gasteiger partial charge in [-0.3, -0.25) is 0 Å².